The molecule has 13 aliphatic carbocycles. The van der Waals surface area contributed by atoms with Gasteiger partial charge in [-0.2, -0.15) is 8.42 Å². The van der Waals surface area contributed by atoms with E-state index in [2.05, 4.69) is 53.7 Å². The van der Waals surface area contributed by atoms with E-state index in [1.807, 2.05) is 0 Å². The molecule has 21 heteroatoms. The molecule has 0 aromatic rings. The average molecular weight is 1290 g/mol. The lowest BCUT2D eigenvalue weighted by atomic mass is 9.47. The van der Waals surface area contributed by atoms with Gasteiger partial charge in [-0.1, -0.05) is 60.1 Å². The molecule has 0 aromatic carbocycles. The number of hydrogen-bond donors (Lipinski definition) is 1. The zero-order valence-electron chi connectivity index (χ0n) is 54.7. The molecule has 0 spiro atoms. The summed E-state index contributed by atoms with van der Waals surface area (Å²) >= 11 is 0. The molecule has 0 aromatic heterocycles. The maximum Gasteiger partial charge on any atom is 0.344 e. The summed E-state index contributed by atoms with van der Waals surface area (Å²) in [5, 5.41) is 10.1. The van der Waals surface area contributed by atoms with Crippen molar-refractivity contribution in [2.45, 2.75) is 242 Å². The van der Waals surface area contributed by atoms with Crippen molar-refractivity contribution in [3.8, 4) is 0 Å². The van der Waals surface area contributed by atoms with Crippen LogP contribution in [0.15, 0.2) is 60.8 Å². The maximum atomic E-state index is 12.1. The topological polar surface area (TPSA) is 274 Å². The second-order valence-electron chi connectivity index (χ2n) is 29.8. The van der Waals surface area contributed by atoms with Crippen LogP contribution in [0.2, 0.25) is 0 Å². The minimum absolute atomic E-state index is 0.00284. The number of carbonyl (C=O) groups excluding carboxylic acids is 8. The summed E-state index contributed by atoms with van der Waals surface area (Å²) in [6.45, 7) is 31.5. The summed E-state index contributed by atoms with van der Waals surface area (Å²) in [7, 11) is -3.53. The van der Waals surface area contributed by atoms with Crippen LogP contribution in [0.25, 0.3) is 0 Å². The van der Waals surface area contributed by atoms with Crippen molar-refractivity contribution in [1.29, 1.82) is 0 Å². The lowest BCUT2D eigenvalue weighted by Gasteiger charge is -2.61. The molecule has 15 fully saturated rings. The van der Waals surface area contributed by atoms with Crippen LogP contribution in [0.4, 0.5) is 0 Å². The fourth-order valence-corrected chi connectivity index (χ4v) is 20.8. The Morgan fingerprint density at radius 2 is 1.03 bits per heavy atom. The van der Waals surface area contributed by atoms with Gasteiger partial charge in [-0.15, -0.1) is 0 Å². The van der Waals surface area contributed by atoms with Crippen LogP contribution < -0.4 is 0 Å². The highest BCUT2D eigenvalue weighted by atomic mass is 32.2. The molecular weight excluding hydrogens is 1190 g/mol. The quantitative estimate of drug-likeness (QED) is 0.0651. The largest absolute Gasteiger partial charge is 0.458 e. The van der Waals surface area contributed by atoms with Crippen molar-refractivity contribution in [3.63, 3.8) is 0 Å². The average Bonchev–Trinajstić information content (AvgIpc) is 1.56. The molecule has 0 radical (unpaired) electrons. The second kappa shape index (κ2) is 27.3. The minimum Gasteiger partial charge on any atom is -0.458 e. The molecule has 91 heavy (non-hydrogen) atoms. The lowest BCUT2D eigenvalue weighted by Crippen LogP contribution is -2.62. The van der Waals surface area contributed by atoms with Gasteiger partial charge in [0.05, 0.1) is 16.8 Å². The van der Waals surface area contributed by atoms with Gasteiger partial charge in [-0.3, -0.25) is 8.98 Å². The Kier molecular flexibility index (Phi) is 20.9. The molecule has 0 amide bonds. The van der Waals surface area contributed by atoms with E-state index in [4.69, 9.17) is 42.1 Å². The number of fused-ring (bicyclic) bond motifs is 2. The molecule has 12 atom stereocenters. The molecule has 2 aliphatic heterocycles. The number of carbonyl (C=O) groups is 8. The molecule has 2 saturated heterocycles. The number of ether oxygens (including phenoxy) is 8. The van der Waals surface area contributed by atoms with Gasteiger partial charge in [-0.25, -0.2) is 33.6 Å². The number of hydrogen-bond acceptors (Lipinski definition) is 20. The predicted molar refractivity (Wildman–Crippen MR) is 330 cm³/mol. The molecule has 13 saturated carbocycles. The number of esters is 8. The Hall–Kier alpha value is -5.67. The lowest BCUT2D eigenvalue weighted by molar-refractivity contribution is -0.221. The molecule has 504 valence electrons. The Labute approximate surface area is 536 Å². The van der Waals surface area contributed by atoms with Crippen LogP contribution in [0.1, 0.15) is 190 Å². The molecule has 15 aliphatic rings. The normalized spacial score (nSPS) is 37.8. The summed E-state index contributed by atoms with van der Waals surface area (Å²) in [6.07, 6.45) is 19.5. The maximum absolute atomic E-state index is 12.1. The van der Waals surface area contributed by atoms with E-state index < -0.39 is 82.0 Å². The van der Waals surface area contributed by atoms with Gasteiger partial charge in [0.15, 0.2) is 13.2 Å². The van der Waals surface area contributed by atoms with E-state index in [0.717, 1.165) is 69.6 Å². The Bertz CT molecular complexity index is 3000. The predicted octanol–water partition coefficient (Wildman–Crippen LogP) is 10.1. The number of rotatable bonds is 16. The van der Waals surface area contributed by atoms with Crippen molar-refractivity contribution in [2.75, 3.05) is 13.2 Å². The summed E-state index contributed by atoms with van der Waals surface area (Å²) in [5.41, 5.74) is 0.553. The van der Waals surface area contributed by atoms with E-state index in [9.17, 15) is 51.9 Å². The SMILES string of the molecule is C=C(C)C(=O)OC1(C(C)C)C2CC3CC(C2)CC1C3.C=C(C)C(=O)OC1(CC)CCCCC1.C=C(C)C(=O)OC12CC3CC(CC(O)(C3)C1)C2.C=C(C)C(=O)OCC(=O)OC1C2CC3C(=O)OC1C3C2.C=C(C)C(=O)OCC(=O)OC1C2CC3C1OS(=O)(=O)C3C2. The summed E-state index contributed by atoms with van der Waals surface area (Å²) < 4.78 is 71.2. The molecule has 1 N–H and O–H groups in total. The van der Waals surface area contributed by atoms with Crippen LogP contribution in [-0.2, 0) is 90.6 Å². The molecular formula is C70H98O20S. The third-order valence-electron chi connectivity index (χ3n) is 22.3. The van der Waals surface area contributed by atoms with Crippen LogP contribution in [0.5, 0.6) is 0 Å². The standard InChI is InChI=1S/C17H26O2.C14H16O6.C14H20O3.C13H16O7S.C12H20O2/c1-10(2)16(18)19-17(11(3)4)14-6-12-5-13(8-14)9-15(17)7-12;1-6(2)13(16)18-5-10(15)19-11-7-3-8-9(4-7)14(17)20-12(8)11;1-9(2)12(15)17-14-6-10-3-11(7-14)5-13(16,4-10)8-14;1-6(2)13(15)18-5-10(14)19-11-7-3-8-9(4-7)21(16,17)20-12(8)11;1-4-12(8-6-5-7-9-12)14-11(13)10(2)3/h11-15H,1,5-9H2,2-4H3;7-9,11-12H,1,3-5H2,2H3;10-11,16H,1,3-8H2,2H3;7-9,11-12H,1,3-5H2,2H3;2,4-9H2,1,3H3. The summed E-state index contributed by atoms with van der Waals surface area (Å²) in [4.78, 5) is 92.6. The van der Waals surface area contributed by atoms with E-state index >= 15 is 0 Å². The van der Waals surface area contributed by atoms with Gasteiger partial charge in [0.25, 0.3) is 10.1 Å². The van der Waals surface area contributed by atoms with Gasteiger partial charge in [0.1, 0.15) is 41.2 Å². The van der Waals surface area contributed by atoms with Gasteiger partial charge < -0.3 is 43.0 Å². The highest BCUT2D eigenvalue weighted by molar-refractivity contribution is 7.87. The van der Waals surface area contributed by atoms with Gasteiger partial charge in [0, 0.05) is 58.0 Å². The van der Waals surface area contributed by atoms with E-state index in [1.54, 1.807) is 20.8 Å². The zero-order valence-corrected chi connectivity index (χ0v) is 55.5. The molecule has 20 nitrogen and oxygen atoms in total. The first-order chi connectivity index (χ1) is 42.7. The van der Waals surface area contributed by atoms with Crippen LogP contribution in [-0.4, -0.2) is 127 Å². The van der Waals surface area contributed by atoms with Crippen LogP contribution >= 0.6 is 0 Å². The highest BCUT2D eigenvalue weighted by Gasteiger charge is 2.67. The molecule has 2 heterocycles. The Morgan fingerprint density at radius 3 is 1.52 bits per heavy atom. The van der Waals surface area contributed by atoms with Crippen LogP contribution in [0, 0.1) is 71.0 Å². The smallest absolute Gasteiger partial charge is 0.344 e. The summed E-state index contributed by atoms with van der Waals surface area (Å²) in [5.74, 6) is 1.26. The van der Waals surface area contributed by atoms with E-state index in [-0.39, 0.29) is 81.9 Å². The van der Waals surface area contributed by atoms with Crippen LogP contribution in [0.3, 0.4) is 0 Å². The number of aliphatic hydroxyl groups is 1. The van der Waals surface area contributed by atoms with Crippen molar-refractivity contribution in [1.82, 2.24) is 0 Å². The first kappa shape index (κ1) is 69.7. The van der Waals surface area contributed by atoms with Crippen molar-refractivity contribution in [2.24, 2.45) is 71.0 Å². The van der Waals surface area contributed by atoms with Crippen molar-refractivity contribution in [3.05, 3.63) is 60.8 Å². The van der Waals surface area contributed by atoms with Gasteiger partial charge in [0.2, 0.25) is 0 Å². The minimum atomic E-state index is -3.53. The van der Waals surface area contributed by atoms with Crippen molar-refractivity contribution >= 4 is 57.9 Å². The van der Waals surface area contributed by atoms with Gasteiger partial charge in [-0.05, 0) is 198 Å². The highest BCUT2D eigenvalue weighted by Crippen LogP contribution is 2.63. The fourth-order valence-electron chi connectivity index (χ4n) is 18.9. The van der Waals surface area contributed by atoms with Gasteiger partial charge >= 0.3 is 47.8 Å². The Morgan fingerprint density at radius 1 is 0.571 bits per heavy atom. The molecule has 15 rings (SSSR count). The Balaban J connectivity index is 0.000000135. The van der Waals surface area contributed by atoms with E-state index in [0.29, 0.717) is 65.6 Å². The first-order valence-corrected chi connectivity index (χ1v) is 34.7. The van der Waals surface area contributed by atoms with E-state index in [1.165, 1.54) is 71.6 Å². The fraction of sp³-hybridized carbons (Fsp3) is 0.743. The second-order valence-corrected chi connectivity index (χ2v) is 31.6. The molecule has 12 unspecified atom stereocenters. The summed E-state index contributed by atoms with van der Waals surface area (Å²) in [6, 6.07) is 0. The molecule has 12 bridgehead atoms. The van der Waals surface area contributed by atoms with Crippen molar-refractivity contribution < 1.29 is 94.0 Å². The third-order valence-corrected chi connectivity index (χ3v) is 24.1. The zero-order chi connectivity index (χ0) is 66.4. The third kappa shape index (κ3) is 15.0. The first-order valence-electron chi connectivity index (χ1n) is 33.2. The monoisotopic (exact) mass is 1290 g/mol.